The lowest BCUT2D eigenvalue weighted by molar-refractivity contribution is -0.133. The molecule has 0 bridgehead atoms. The summed E-state index contributed by atoms with van der Waals surface area (Å²) in [5, 5.41) is 9.46. The van der Waals surface area contributed by atoms with Crippen LogP contribution in [0.1, 0.15) is 17.5 Å². The Balaban J connectivity index is 1.34. The number of hydrogen-bond acceptors (Lipinski definition) is 5. The van der Waals surface area contributed by atoms with Crippen molar-refractivity contribution in [2.45, 2.75) is 19.5 Å². The second kappa shape index (κ2) is 10.9. The van der Waals surface area contributed by atoms with E-state index < -0.39 is 19.0 Å². The number of aliphatic carboxylic acids is 1. The Bertz CT molecular complexity index is 1120. The third-order valence-corrected chi connectivity index (χ3v) is 5.75. The number of hydrogen-bond donors (Lipinski definition) is 1. The molecule has 0 amide bonds. The van der Waals surface area contributed by atoms with E-state index in [2.05, 4.69) is 11.0 Å². The van der Waals surface area contributed by atoms with Crippen molar-refractivity contribution >= 4 is 23.6 Å². The molecular formula is C25H24ClF2NO5. The quantitative estimate of drug-likeness (QED) is 0.529. The summed E-state index contributed by atoms with van der Waals surface area (Å²) in [7, 11) is 0. The first kappa shape index (κ1) is 24.0. The molecule has 0 aliphatic carbocycles. The number of carboxylic acid groups (broad SMARTS) is 1. The zero-order chi connectivity index (χ0) is 24.1. The number of fused-ring (bicyclic) bond motifs is 1. The van der Waals surface area contributed by atoms with Crippen LogP contribution in [0.3, 0.4) is 0 Å². The molecule has 9 heteroatoms. The highest BCUT2D eigenvalue weighted by atomic mass is 35.5. The van der Waals surface area contributed by atoms with Gasteiger partial charge in [0.2, 0.25) is 0 Å². The number of ether oxygens (including phenoxy) is 3. The molecule has 2 aliphatic heterocycles. The van der Waals surface area contributed by atoms with Crippen LogP contribution in [0.15, 0.2) is 53.6 Å². The molecule has 2 heterocycles. The Labute approximate surface area is 201 Å². The maximum atomic E-state index is 12.3. The molecule has 0 saturated heterocycles. The SMILES string of the molecule is O=C(O)C1=CCCN(CC2=Cc3ccc(OCc4ccc(OCC(F)F)c(Cl)c4)cc3OC2)C1. The number of alkyl halides is 2. The van der Waals surface area contributed by atoms with Crippen LogP contribution >= 0.6 is 11.6 Å². The molecule has 6 nitrogen and oxygen atoms in total. The van der Waals surface area contributed by atoms with Gasteiger partial charge in [0.05, 0.1) is 5.02 Å². The maximum Gasteiger partial charge on any atom is 0.332 e. The van der Waals surface area contributed by atoms with E-state index in [9.17, 15) is 18.7 Å². The summed E-state index contributed by atoms with van der Waals surface area (Å²) < 4.78 is 41.3. The van der Waals surface area contributed by atoms with Gasteiger partial charge in [-0.15, -0.1) is 0 Å². The molecule has 2 aromatic carbocycles. The van der Waals surface area contributed by atoms with Gasteiger partial charge in [-0.1, -0.05) is 23.7 Å². The van der Waals surface area contributed by atoms with Gasteiger partial charge >= 0.3 is 5.97 Å². The third-order valence-electron chi connectivity index (χ3n) is 5.46. The van der Waals surface area contributed by atoms with Gasteiger partial charge in [-0.2, -0.15) is 0 Å². The molecule has 4 rings (SSSR count). The average molecular weight is 492 g/mol. The Morgan fingerprint density at radius 3 is 2.82 bits per heavy atom. The number of benzene rings is 2. The number of nitrogens with zero attached hydrogens (tertiary/aromatic N) is 1. The molecule has 2 aliphatic rings. The predicted octanol–water partition coefficient (Wildman–Crippen LogP) is 5.06. The molecule has 180 valence electrons. The van der Waals surface area contributed by atoms with E-state index in [-0.39, 0.29) is 17.4 Å². The molecule has 0 radical (unpaired) electrons. The zero-order valence-electron chi connectivity index (χ0n) is 18.3. The van der Waals surface area contributed by atoms with Crippen LogP contribution in [0.2, 0.25) is 5.02 Å². The van der Waals surface area contributed by atoms with Gasteiger partial charge in [-0.25, -0.2) is 13.6 Å². The number of carboxylic acids is 1. The summed E-state index contributed by atoms with van der Waals surface area (Å²) in [4.78, 5) is 13.3. The van der Waals surface area contributed by atoms with E-state index in [0.717, 1.165) is 29.7 Å². The van der Waals surface area contributed by atoms with E-state index in [4.69, 9.17) is 25.8 Å². The van der Waals surface area contributed by atoms with E-state index >= 15 is 0 Å². The average Bonchev–Trinajstić information content (AvgIpc) is 2.82. The van der Waals surface area contributed by atoms with Crippen molar-refractivity contribution in [1.29, 1.82) is 0 Å². The van der Waals surface area contributed by atoms with E-state index in [1.807, 2.05) is 18.2 Å². The van der Waals surface area contributed by atoms with Gasteiger partial charge < -0.3 is 19.3 Å². The van der Waals surface area contributed by atoms with Crippen LogP contribution in [-0.2, 0) is 11.4 Å². The lowest BCUT2D eigenvalue weighted by Gasteiger charge is -2.28. The number of carbonyl (C=O) groups is 1. The van der Waals surface area contributed by atoms with Crippen molar-refractivity contribution in [1.82, 2.24) is 4.90 Å². The summed E-state index contributed by atoms with van der Waals surface area (Å²) in [5.41, 5.74) is 3.22. The Kier molecular flexibility index (Phi) is 7.70. The second-order valence-corrected chi connectivity index (χ2v) is 8.49. The highest BCUT2D eigenvalue weighted by Gasteiger charge is 2.20. The van der Waals surface area contributed by atoms with Gasteiger partial charge in [-0.3, -0.25) is 4.90 Å². The van der Waals surface area contributed by atoms with Crippen molar-refractivity contribution in [3.63, 3.8) is 0 Å². The summed E-state index contributed by atoms with van der Waals surface area (Å²) >= 11 is 6.11. The fraction of sp³-hybridized carbons (Fsp3) is 0.320. The highest BCUT2D eigenvalue weighted by molar-refractivity contribution is 6.32. The minimum Gasteiger partial charge on any atom is -0.489 e. The van der Waals surface area contributed by atoms with Crippen LogP contribution in [-0.4, -0.2) is 55.2 Å². The van der Waals surface area contributed by atoms with Crippen molar-refractivity contribution in [3.05, 3.63) is 69.8 Å². The van der Waals surface area contributed by atoms with Gasteiger partial charge in [0.1, 0.15) is 37.1 Å². The van der Waals surface area contributed by atoms with E-state index in [1.165, 1.54) is 0 Å². The van der Waals surface area contributed by atoms with Gasteiger partial charge in [-0.05, 0) is 47.9 Å². The van der Waals surface area contributed by atoms with Gasteiger partial charge in [0.25, 0.3) is 6.43 Å². The Morgan fingerprint density at radius 2 is 2.06 bits per heavy atom. The topological polar surface area (TPSA) is 68.2 Å². The molecule has 34 heavy (non-hydrogen) atoms. The molecule has 0 unspecified atom stereocenters. The van der Waals surface area contributed by atoms with E-state index in [0.29, 0.717) is 36.8 Å². The van der Waals surface area contributed by atoms with Gasteiger partial charge in [0, 0.05) is 36.8 Å². The second-order valence-electron chi connectivity index (χ2n) is 8.08. The number of rotatable bonds is 9. The maximum absolute atomic E-state index is 12.3. The Hall–Kier alpha value is -3.10. The van der Waals surface area contributed by atoms with Crippen LogP contribution in [0, 0.1) is 0 Å². The van der Waals surface area contributed by atoms with Gasteiger partial charge in [0.15, 0.2) is 0 Å². The highest BCUT2D eigenvalue weighted by Crippen LogP contribution is 2.32. The van der Waals surface area contributed by atoms with Crippen LogP contribution < -0.4 is 14.2 Å². The summed E-state index contributed by atoms with van der Waals surface area (Å²) in [6.07, 6.45) is 2.01. The minimum absolute atomic E-state index is 0.204. The smallest absolute Gasteiger partial charge is 0.332 e. The first-order chi connectivity index (χ1) is 16.4. The predicted molar refractivity (Wildman–Crippen MR) is 124 cm³/mol. The third kappa shape index (κ3) is 6.27. The Morgan fingerprint density at radius 1 is 1.21 bits per heavy atom. The van der Waals surface area contributed by atoms with E-state index in [1.54, 1.807) is 24.3 Å². The monoisotopic (exact) mass is 491 g/mol. The van der Waals surface area contributed by atoms with Crippen molar-refractivity contribution in [2.75, 3.05) is 32.8 Å². The normalized spacial score (nSPS) is 15.8. The van der Waals surface area contributed by atoms with Crippen LogP contribution in [0.5, 0.6) is 17.2 Å². The van der Waals surface area contributed by atoms with Crippen molar-refractivity contribution in [3.8, 4) is 17.2 Å². The molecule has 0 spiro atoms. The fourth-order valence-corrected chi connectivity index (χ4v) is 4.08. The van der Waals surface area contributed by atoms with Crippen LogP contribution in [0.4, 0.5) is 8.78 Å². The first-order valence-corrected chi connectivity index (χ1v) is 11.2. The molecular weight excluding hydrogens is 468 g/mol. The summed E-state index contributed by atoms with van der Waals surface area (Å²) in [5.74, 6) is 0.668. The molecule has 1 N–H and O–H groups in total. The minimum atomic E-state index is -2.57. The fourth-order valence-electron chi connectivity index (χ4n) is 3.83. The van der Waals surface area contributed by atoms with Crippen LogP contribution in [0.25, 0.3) is 6.08 Å². The summed E-state index contributed by atoms with van der Waals surface area (Å²) in [6.45, 7) is 1.85. The lowest BCUT2D eigenvalue weighted by atomic mass is 10.0. The molecule has 0 aromatic heterocycles. The zero-order valence-corrected chi connectivity index (χ0v) is 19.1. The molecule has 0 atom stereocenters. The standard InChI is InChI=1S/C25H24ClF2NO5/c26-21-9-16(3-6-22(21)34-15-24(27)28)13-32-20-5-4-18-8-17(14-33-23(18)10-20)11-29-7-1-2-19(12-29)25(30)31/h2-6,8-10,24H,1,7,11-15H2,(H,30,31). The van der Waals surface area contributed by atoms with Crippen molar-refractivity contribution in [2.24, 2.45) is 0 Å². The van der Waals surface area contributed by atoms with Crippen molar-refractivity contribution < 1.29 is 32.9 Å². The molecule has 2 aromatic rings. The summed E-state index contributed by atoms with van der Waals surface area (Å²) in [6, 6.07) is 10.5. The lowest BCUT2D eigenvalue weighted by Crippen LogP contribution is -2.34. The number of halogens is 3. The first-order valence-electron chi connectivity index (χ1n) is 10.8. The molecule has 0 fully saturated rings. The largest absolute Gasteiger partial charge is 0.489 e. The molecule has 0 saturated carbocycles.